The molecule has 0 aromatic heterocycles. The minimum Gasteiger partial charge on any atom is -0.389 e. The zero-order valence-corrected chi connectivity index (χ0v) is 9.63. The molecule has 1 aromatic rings. The third kappa shape index (κ3) is 3.03. The number of hydrogen-bond acceptors (Lipinski definition) is 1. The highest BCUT2D eigenvalue weighted by Crippen LogP contribution is 2.25. The maximum Gasteiger partial charge on any atom is 0.123 e. The Kier molecular flexibility index (Phi) is 3.86. The molecule has 1 N–H and O–H groups in total. The molecule has 0 spiro atoms. The summed E-state index contributed by atoms with van der Waals surface area (Å²) in [6, 6.07) is 6.44. The highest BCUT2D eigenvalue weighted by atomic mass is 19.1. The van der Waals surface area contributed by atoms with Crippen LogP contribution < -0.4 is 0 Å². The molecule has 0 aliphatic rings. The van der Waals surface area contributed by atoms with Crippen LogP contribution in [0.3, 0.4) is 0 Å². The lowest BCUT2D eigenvalue weighted by molar-refractivity contribution is -0.00832. The van der Waals surface area contributed by atoms with Gasteiger partial charge in [-0.25, -0.2) is 4.39 Å². The number of benzene rings is 1. The maximum absolute atomic E-state index is 13.0. The molecule has 1 atom stereocenters. The normalized spacial score (nSPS) is 15.3. The van der Waals surface area contributed by atoms with Gasteiger partial charge in [0, 0.05) is 6.42 Å². The van der Waals surface area contributed by atoms with Crippen molar-refractivity contribution < 1.29 is 9.50 Å². The number of rotatable bonds is 4. The van der Waals surface area contributed by atoms with Gasteiger partial charge in [0.05, 0.1) is 5.60 Å². The molecule has 1 nitrogen and oxygen atoms in total. The van der Waals surface area contributed by atoms with Crippen LogP contribution in [-0.2, 0) is 6.42 Å². The molecule has 0 bridgehead atoms. The van der Waals surface area contributed by atoms with Crippen molar-refractivity contribution in [3.63, 3.8) is 0 Å². The van der Waals surface area contributed by atoms with Crippen LogP contribution in [0.1, 0.15) is 32.8 Å². The van der Waals surface area contributed by atoms with Crippen molar-refractivity contribution in [2.24, 2.45) is 5.92 Å². The summed E-state index contributed by atoms with van der Waals surface area (Å²) in [5, 5.41) is 10.3. The summed E-state index contributed by atoms with van der Waals surface area (Å²) in [6.45, 7) is 5.94. The van der Waals surface area contributed by atoms with Crippen LogP contribution in [0.5, 0.6) is 0 Å². The van der Waals surface area contributed by atoms with E-state index in [1.807, 2.05) is 26.8 Å². The van der Waals surface area contributed by atoms with Crippen LogP contribution in [0.2, 0.25) is 0 Å². The minimum atomic E-state index is -0.728. The summed E-state index contributed by atoms with van der Waals surface area (Å²) in [6.07, 6.45) is 1.19. The summed E-state index contributed by atoms with van der Waals surface area (Å²) >= 11 is 0. The summed E-state index contributed by atoms with van der Waals surface area (Å²) in [5.41, 5.74) is 0.126. The van der Waals surface area contributed by atoms with Crippen molar-refractivity contribution in [1.82, 2.24) is 0 Å². The Morgan fingerprint density at radius 3 is 2.53 bits per heavy atom. The molecule has 0 saturated heterocycles. The van der Waals surface area contributed by atoms with Gasteiger partial charge in [-0.3, -0.25) is 0 Å². The van der Waals surface area contributed by atoms with Gasteiger partial charge in [-0.1, -0.05) is 32.9 Å². The first-order valence-electron chi connectivity index (χ1n) is 5.45. The molecule has 0 saturated carbocycles. The van der Waals surface area contributed by atoms with E-state index in [-0.39, 0.29) is 11.7 Å². The zero-order valence-electron chi connectivity index (χ0n) is 9.63. The second-order valence-electron chi connectivity index (χ2n) is 4.42. The van der Waals surface area contributed by atoms with E-state index < -0.39 is 5.60 Å². The third-order valence-electron chi connectivity index (χ3n) is 3.09. The van der Waals surface area contributed by atoms with Crippen molar-refractivity contribution in [2.45, 2.75) is 39.2 Å². The molecule has 15 heavy (non-hydrogen) atoms. The van der Waals surface area contributed by atoms with Crippen molar-refractivity contribution in [3.05, 3.63) is 35.6 Å². The molecule has 2 heteroatoms. The van der Waals surface area contributed by atoms with E-state index in [9.17, 15) is 9.50 Å². The summed E-state index contributed by atoms with van der Waals surface area (Å²) < 4.78 is 13.0. The summed E-state index contributed by atoms with van der Waals surface area (Å²) in [5.74, 6) is -0.0690. The first-order chi connectivity index (χ1) is 6.98. The van der Waals surface area contributed by atoms with Gasteiger partial charge in [-0.15, -0.1) is 0 Å². The van der Waals surface area contributed by atoms with Crippen LogP contribution in [0.15, 0.2) is 24.3 Å². The van der Waals surface area contributed by atoms with E-state index in [2.05, 4.69) is 0 Å². The van der Waals surface area contributed by atoms with Gasteiger partial charge in [-0.2, -0.15) is 0 Å². The van der Waals surface area contributed by atoms with Gasteiger partial charge in [0.25, 0.3) is 0 Å². The lowest BCUT2D eigenvalue weighted by Gasteiger charge is -2.31. The van der Waals surface area contributed by atoms with Crippen LogP contribution in [0.25, 0.3) is 0 Å². The average molecular weight is 210 g/mol. The Labute approximate surface area is 90.9 Å². The molecule has 1 aromatic carbocycles. The fraction of sp³-hybridized carbons (Fsp3) is 0.538. The first-order valence-corrected chi connectivity index (χ1v) is 5.45. The van der Waals surface area contributed by atoms with Crippen LogP contribution in [0, 0.1) is 11.7 Å². The van der Waals surface area contributed by atoms with E-state index in [0.717, 1.165) is 5.56 Å². The fourth-order valence-corrected chi connectivity index (χ4v) is 1.74. The molecule has 0 radical (unpaired) electrons. The van der Waals surface area contributed by atoms with Crippen LogP contribution in [-0.4, -0.2) is 10.7 Å². The molecule has 0 aliphatic carbocycles. The Hall–Kier alpha value is -0.890. The number of halogens is 1. The predicted molar refractivity (Wildman–Crippen MR) is 60.2 cm³/mol. The molecule has 0 fully saturated rings. The van der Waals surface area contributed by atoms with E-state index >= 15 is 0 Å². The Balaban J connectivity index is 2.84. The quantitative estimate of drug-likeness (QED) is 0.809. The Morgan fingerprint density at radius 1 is 1.40 bits per heavy atom. The van der Waals surface area contributed by atoms with Gasteiger partial charge in [0.1, 0.15) is 5.82 Å². The largest absolute Gasteiger partial charge is 0.389 e. The topological polar surface area (TPSA) is 20.2 Å². The first kappa shape index (κ1) is 12.2. The second kappa shape index (κ2) is 4.75. The molecule has 1 rings (SSSR count). The zero-order chi connectivity index (χ0) is 11.5. The third-order valence-corrected chi connectivity index (χ3v) is 3.09. The standard InChI is InChI=1S/C13H19FO/c1-4-13(15,10(2)3)9-11-6-5-7-12(14)8-11/h5-8,10,15H,4,9H2,1-3H3. The van der Waals surface area contributed by atoms with E-state index in [1.54, 1.807) is 6.07 Å². The highest BCUT2D eigenvalue weighted by Gasteiger charge is 2.28. The summed E-state index contributed by atoms with van der Waals surface area (Å²) in [7, 11) is 0. The monoisotopic (exact) mass is 210 g/mol. The fourth-order valence-electron chi connectivity index (χ4n) is 1.74. The minimum absolute atomic E-state index is 0.172. The van der Waals surface area contributed by atoms with E-state index in [4.69, 9.17) is 0 Å². The van der Waals surface area contributed by atoms with Gasteiger partial charge >= 0.3 is 0 Å². The Bertz CT molecular complexity index is 322. The van der Waals surface area contributed by atoms with Crippen molar-refractivity contribution in [3.8, 4) is 0 Å². The lowest BCUT2D eigenvalue weighted by atomic mass is 9.82. The van der Waals surface area contributed by atoms with E-state index in [0.29, 0.717) is 12.8 Å². The maximum atomic E-state index is 13.0. The van der Waals surface area contributed by atoms with Crippen molar-refractivity contribution in [1.29, 1.82) is 0 Å². The molecule has 1 unspecified atom stereocenters. The van der Waals surface area contributed by atoms with Gasteiger partial charge in [-0.05, 0) is 30.0 Å². The lowest BCUT2D eigenvalue weighted by Crippen LogP contribution is -2.36. The van der Waals surface area contributed by atoms with Gasteiger partial charge in [0.2, 0.25) is 0 Å². The number of hydrogen-bond donors (Lipinski definition) is 1. The smallest absolute Gasteiger partial charge is 0.123 e. The highest BCUT2D eigenvalue weighted by molar-refractivity contribution is 5.18. The van der Waals surface area contributed by atoms with E-state index in [1.165, 1.54) is 12.1 Å². The average Bonchev–Trinajstić information content (AvgIpc) is 2.17. The Morgan fingerprint density at radius 2 is 2.07 bits per heavy atom. The van der Waals surface area contributed by atoms with Gasteiger partial charge in [0.15, 0.2) is 0 Å². The van der Waals surface area contributed by atoms with Crippen molar-refractivity contribution >= 4 is 0 Å². The molecule has 0 amide bonds. The molecular weight excluding hydrogens is 191 g/mol. The molecule has 0 aliphatic heterocycles. The molecular formula is C13H19FO. The summed E-state index contributed by atoms with van der Waals surface area (Å²) in [4.78, 5) is 0. The van der Waals surface area contributed by atoms with Crippen molar-refractivity contribution in [2.75, 3.05) is 0 Å². The van der Waals surface area contributed by atoms with Crippen LogP contribution >= 0.6 is 0 Å². The predicted octanol–water partition coefficient (Wildman–Crippen LogP) is 3.17. The SMILES string of the molecule is CCC(O)(Cc1cccc(F)c1)C(C)C. The van der Waals surface area contributed by atoms with Gasteiger partial charge < -0.3 is 5.11 Å². The molecule has 0 heterocycles. The second-order valence-corrected chi connectivity index (χ2v) is 4.42. The molecule has 84 valence electrons. The van der Waals surface area contributed by atoms with Crippen LogP contribution in [0.4, 0.5) is 4.39 Å². The number of aliphatic hydroxyl groups is 1.